The first-order valence-corrected chi connectivity index (χ1v) is 8.22. The number of hydrogen-bond donors (Lipinski definition) is 2. The van der Waals surface area contributed by atoms with Crippen LogP contribution in [0, 0.1) is 0 Å². The summed E-state index contributed by atoms with van der Waals surface area (Å²) in [4.78, 5) is 0. The van der Waals surface area contributed by atoms with E-state index < -0.39 is 5.54 Å². The summed E-state index contributed by atoms with van der Waals surface area (Å²) in [6.07, 6.45) is 6.51. The van der Waals surface area contributed by atoms with Crippen molar-refractivity contribution in [1.82, 2.24) is 5.32 Å². The van der Waals surface area contributed by atoms with Gasteiger partial charge in [-0.2, -0.15) is 0 Å². The van der Waals surface area contributed by atoms with E-state index in [4.69, 9.17) is 4.74 Å². The summed E-state index contributed by atoms with van der Waals surface area (Å²) in [7, 11) is 0. The maximum Gasteiger partial charge on any atom is 0.0908 e. The minimum atomic E-state index is -0.507. The molecular weight excluding hydrogens is 262 g/mol. The molecule has 0 aliphatic heterocycles. The van der Waals surface area contributed by atoms with Crippen molar-refractivity contribution >= 4 is 0 Å². The molecule has 118 valence electrons. The Kier molecular flexibility index (Phi) is 6.22. The van der Waals surface area contributed by atoms with Crippen LogP contribution in [-0.2, 0) is 10.3 Å². The first-order chi connectivity index (χ1) is 10.2. The van der Waals surface area contributed by atoms with Crippen LogP contribution in [0.15, 0.2) is 30.3 Å². The van der Waals surface area contributed by atoms with Gasteiger partial charge in [0.05, 0.1) is 24.9 Å². The van der Waals surface area contributed by atoms with Crippen molar-refractivity contribution in [2.75, 3.05) is 13.2 Å². The summed E-state index contributed by atoms with van der Waals surface area (Å²) in [6, 6.07) is 10.5. The predicted molar refractivity (Wildman–Crippen MR) is 86.3 cm³/mol. The van der Waals surface area contributed by atoms with Gasteiger partial charge in [-0.15, -0.1) is 0 Å². The fraction of sp³-hybridized carbons (Fsp3) is 0.667. The monoisotopic (exact) mass is 291 g/mol. The van der Waals surface area contributed by atoms with Gasteiger partial charge in [0.2, 0.25) is 0 Å². The third-order valence-electron chi connectivity index (χ3n) is 4.28. The van der Waals surface area contributed by atoms with Gasteiger partial charge < -0.3 is 15.2 Å². The van der Waals surface area contributed by atoms with Gasteiger partial charge in [-0.1, -0.05) is 49.6 Å². The van der Waals surface area contributed by atoms with Gasteiger partial charge in [0, 0.05) is 6.04 Å². The first kappa shape index (κ1) is 16.5. The molecule has 3 nitrogen and oxygen atoms in total. The molecular formula is C18H29NO2. The molecule has 0 spiro atoms. The largest absolute Gasteiger partial charge is 0.394 e. The molecule has 1 aromatic rings. The van der Waals surface area contributed by atoms with Gasteiger partial charge >= 0.3 is 0 Å². The fourth-order valence-corrected chi connectivity index (χ4v) is 3.19. The Hall–Kier alpha value is -0.900. The lowest BCUT2D eigenvalue weighted by Crippen LogP contribution is -2.52. The van der Waals surface area contributed by atoms with Crippen LogP contribution in [0.3, 0.4) is 0 Å². The van der Waals surface area contributed by atoms with Crippen LogP contribution in [-0.4, -0.2) is 30.5 Å². The average molecular weight is 291 g/mol. The zero-order valence-corrected chi connectivity index (χ0v) is 13.3. The molecule has 0 aromatic heterocycles. The van der Waals surface area contributed by atoms with Crippen LogP contribution in [0.4, 0.5) is 0 Å². The van der Waals surface area contributed by atoms with E-state index in [1.165, 1.54) is 19.3 Å². The Morgan fingerprint density at radius 3 is 2.43 bits per heavy atom. The van der Waals surface area contributed by atoms with Crippen molar-refractivity contribution in [3.63, 3.8) is 0 Å². The normalized spacial score (nSPS) is 19.6. The minimum absolute atomic E-state index is 0.0436. The van der Waals surface area contributed by atoms with E-state index in [1.54, 1.807) is 0 Å². The van der Waals surface area contributed by atoms with Gasteiger partial charge in [0.15, 0.2) is 0 Å². The van der Waals surface area contributed by atoms with Crippen LogP contribution in [0.2, 0.25) is 0 Å². The average Bonchev–Trinajstić information content (AvgIpc) is 2.53. The number of aliphatic hydroxyl groups is 1. The van der Waals surface area contributed by atoms with Gasteiger partial charge in [0.25, 0.3) is 0 Å². The molecule has 1 fully saturated rings. The second-order valence-corrected chi connectivity index (χ2v) is 6.48. The number of aliphatic hydroxyl groups excluding tert-OH is 1. The predicted octanol–water partition coefficient (Wildman–Crippen LogP) is 3.22. The lowest BCUT2D eigenvalue weighted by atomic mass is 9.90. The van der Waals surface area contributed by atoms with Crippen LogP contribution in [0.5, 0.6) is 0 Å². The van der Waals surface area contributed by atoms with E-state index in [2.05, 4.69) is 31.3 Å². The van der Waals surface area contributed by atoms with Crippen LogP contribution in [0.25, 0.3) is 0 Å². The summed E-state index contributed by atoms with van der Waals surface area (Å²) in [6.45, 7) is 4.78. The number of benzene rings is 1. The third-order valence-corrected chi connectivity index (χ3v) is 4.28. The van der Waals surface area contributed by atoms with E-state index in [1.807, 2.05) is 18.2 Å². The van der Waals surface area contributed by atoms with E-state index >= 15 is 0 Å². The highest BCUT2D eigenvalue weighted by Gasteiger charge is 2.33. The van der Waals surface area contributed by atoms with Crippen LogP contribution in [0.1, 0.15) is 51.5 Å². The fourth-order valence-electron chi connectivity index (χ4n) is 3.19. The van der Waals surface area contributed by atoms with Gasteiger partial charge in [-0.25, -0.2) is 0 Å². The molecule has 3 heteroatoms. The maximum atomic E-state index is 10.1. The second kappa shape index (κ2) is 7.92. The number of rotatable bonds is 7. The summed E-state index contributed by atoms with van der Waals surface area (Å²) < 4.78 is 6.17. The van der Waals surface area contributed by atoms with E-state index in [0.717, 1.165) is 18.4 Å². The highest BCUT2D eigenvalue weighted by atomic mass is 16.5. The van der Waals surface area contributed by atoms with Crippen molar-refractivity contribution in [1.29, 1.82) is 0 Å². The Labute approximate surface area is 128 Å². The zero-order valence-electron chi connectivity index (χ0n) is 13.3. The van der Waals surface area contributed by atoms with E-state index in [9.17, 15) is 5.11 Å². The Bertz CT molecular complexity index is 401. The molecule has 2 rings (SSSR count). The van der Waals surface area contributed by atoms with E-state index in [-0.39, 0.29) is 12.6 Å². The number of ether oxygens (including phenoxy) is 1. The number of nitrogens with one attached hydrogen (secondary N) is 1. The molecule has 1 aromatic carbocycles. The summed E-state index contributed by atoms with van der Waals surface area (Å²) in [5.74, 6) is 0. The van der Waals surface area contributed by atoms with Gasteiger partial charge in [0.1, 0.15) is 0 Å². The summed E-state index contributed by atoms with van der Waals surface area (Å²) in [5.41, 5.74) is 0.587. The van der Waals surface area contributed by atoms with Gasteiger partial charge in [-0.3, -0.25) is 0 Å². The molecule has 2 N–H and O–H groups in total. The highest BCUT2D eigenvalue weighted by molar-refractivity contribution is 5.25. The molecule has 0 heterocycles. The van der Waals surface area contributed by atoms with Crippen molar-refractivity contribution in [2.45, 2.75) is 63.6 Å². The van der Waals surface area contributed by atoms with Crippen molar-refractivity contribution in [3.8, 4) is 0 Å². The molecule has 0 saturated heterocycles. The van der Waals surface area contributed by atoms with Crippen molar-refractivity contribution in [2.24, 2.45) is 0 Å². The zero-order chi connectivity index (χ0) is 15.1. The van der Waals surface area contributed by atoms with Crippen molar-refractivity contribution < 1.29 is 9.84 Å². The van der Waals surface area contributed by atoms with Gasteiger partial charge in [-0.05, 0) is 32.3 Å². The first-order valence-electron chi connectivity index (χ1n) is 8.22. The second-order valence-electron chi connectivity index (χ2n) is 6.48. The molecule has 1 aliphatic carbocycles. The quantitative estimate of drug-likeness (QED) is 0.810. The Balaban J connectivity index is 2.10. The standard InChI is InChI=1S/C18H29NO2/c1-15(2)19-18(13-20,16-9-5-3-6-10-16)14-21-17-11-7-4-8-12-17/h3,5-6,9-10,15,17,19-20H,4,7-8,11-14H2,1-2H3. The summed E-state index contributed by atoms with van der Waals surface area (Å²) >= 11 is 0. The molecule has 1 atom stereocenters. The maximum absolute atomic E-state index is 10.1. The number of hydrogen-bond acceptors (Lipinski definition) is 3. The molecule has 0 radical (unpaired) electrons. The Morgan fingerprint density at radius 2 is 1.86 bits per heavy atom. The molecule has 1 unspecified atom stereocenters. The Morgan fingerprint density at radius 1 is 1.19 bits per heavy atom. The molecule has 0 bridgehead atoms. The molecule has 21 heavy (non-hydrogen) atoms. The lowest BCUT2D eigenvalue weighted by molar-refractivity contribution is -0.0287. The molecule has 0 amide bonds. The van der Waals surface area contributed by atoms with E-state index in [0.29, 0.717) is 12.7 Å². The highest BCUT2D eigenvalue weighted by Crippen LogP contribution is 2.26. The van der Waals surface area contributed by atoms with Crippen LogP contribution >= 0.6 is 0 Å². The lowest BCUT2D eigenvalue weighted by Gasteiger charge is -2.37. The molecule has 1 aliphatic rings. The van der Waals surface area contributed by atoms with Crippen molar-refractivity contribution in [3.05, 3.63) is 35.9 Å². The summed E-state index contributed by atoms with van der Waals surface area (Å²) in [5, 5.41) is 13.6. The minimum Gasteiger partial charge on any atom is -0.394 e. The smallest absolute Gasteiger partial charge is 0.0908 e. The third kappa shape index (κ3) is 4.53. The topological polar surface area (TPSA) is 41.5 Å². The van der Waals surface area contributed by atoms with Crippen LogP contribution < -0.4 is 5.32 Å². The SMILES string of the molecule is CC(C)NC(CO)(COC1CCCCC1)c1ccccc1. The molecule has 1 saturated carbocycles.